The fourth-order valence-electron chi connectivity index (χ4n) is 1.84. The van der Waals surface area contributed by atoms with E-state index in [0.29, 0.717) is 24.0 Å². The molecule has 1 atom stereocenters. The van der Waals surface area contributed by atoms with Crippen molar-refractivity contribution >= 4 is 11.5 Å². The van der Waals surface area contributed by atoms with E-state index in [0.717, 1.165) is 12.8 Å². The molecule has 1 heterocycles. The quantitative estimate of drug-likeness (QED) is 0.681. The molecule has 5 nitrogen and oxygen atoms in total. The van der Waals surface area contributed by atoms with Crippen molar-refractivity contribution < 1.29 is 5.11 Å². The number of hydrogen-bond acceptors (Lipinski definition) is 4. The molecule has 1 aromatic heterocycles. The summed E-state index contributed by atoms with van der Waals surface area (Å²) in [7, 11) is 1.82. The van der Waals surface area contributed by atoms with Gasteiger partial charge < -0.3 is 16.2 Å². The Labute approximate surface area is 96.6 Å². The number of aliphatic hydroxyl groups excluding tert-OH is 1. The number of rotatable bonds is 6. The van der Waals surface area contributed by atoms with Crippen LogP contribution in [0.15, 0.2) is 6.20 Å². The summed E-state index contributed by atoms with van der Waals surface area (Å²) in [5, 5.41) is 17.2. The first-order valence-corrected chi connectivity index (χ1v) is 5.79. The van der Waals surface area contributed by atoms with Gasteiger partial charge in [0.05, 0.1) is 11.8 Å². The lowest BCUT2D eigenvalue weighted by Gasteiger charge is -2.20. The second-order valence-corrected chi connectivity index (χ2v) is 4.13. The summed E-state index contributed by atoms with van der Waals surface area (Å²) in [6, 6.07) is 0. The number of aromatic nitrogens is 2. The van der Waals surface area contributed by atoms with Crippen molar-refractivity contribution in [3.8, 4) is 0 Å². The molecule has 0 bridgehead atoms. The predicted molar refractivity (Wildman–Crippen MR) is 66.2 cm³/mol. The highest BCUT2D eigenvalue weighted by Crippen LogP contribution is 2.17. The Morgan fingerprint density at radius 3 is 2.56 bits per heavy atom. The molecule has 0 amide bonds. The zero-order valence-corrected chi connectivity index (χ0v) is 10.3. The third-order valence-electron chi connectivity index (χ3n) is 2.93. The summed E-state index contributed by atoms with van der Waals surface area (Å²) >= 11 is 0. The maximum atomic E-state index is 9.93. The van der Waals surface area contributed by atoms with Crippen LogP contribution in [-0.4, -0.2) is 27.5 Å². The molecule has 1 unspecified atom stereocenters. The third kappa shape index (κ3) is 3.13. The van der Waals surface area contributed by atoms with Crippen molar-refractivity contribution in [3.63, 3.8) is 0 Å². The van der Waals surface area contributed by atoms with Crippen molar-refractivity contribution in [1.82, 2.24) is 9.78 Å². The Kier molecular flexibility index (Phi) is 4.61. The number of aliphatic hydroxyl groups is 1. The van der Waals surface area contributed by atoms with Crippen molar-refractivity contribution in [3.05, 3.63) is 6.20 Å². The molecular weight excluding hydrogens is 204 g/mol. The van der Waals surface area contributed by atoms with Gasteiger partial charge in [0.25, 0.3) is 0 Å². The van der Waals surface area contributed by atoms with Crippen LogP contribution in [0.4, 0.5) is 11.5 Å². The van der Waals surface area contributed by atoms with Crippen molar-refractivity contribution in [2.75, 3.05) is 17.6 Å². The number of hydrogen-bond donors (Lipinski definition) is 3. The Bertz CT molecular complexity index is 320. The number of anilines is 2. The van der Waals surface area contributed by atoms with Crippen LogP contribution >= 0.6 is 0 Å². The van der Waals surface area contributed by atoms with E-state index >= 15 is 0 Å². The van der Waals surface area contributed by atoms with Gasteiger partial charge in [-0.25, -0.2) is 0 Å². The van der Waals surface area contributed by atoms with Crippen LogP contribution < -0.4 is 11.1 Å². The minimum absolute atomic E-state index is 0.331. The smallest absolute Gasteiger partial charge is 0.171 e. The molecule has 0 saturated heterocycles. The largest absolute Gasteiger partial charge is 0.394 e. The van der Waals surface area contributed by atoms with Crippen molar-refractivity contribution in [2.45, 2.75) is 32.8 Å². The third-order valence-corrected chi connectivity index (χ3v) is 2.93. The summed E-state index contributed by atoms with van der Waals surface area (Å²) in [6.07, 6.45) is 3.36. The maximum absolute atomic E-state index is 9.93. The first kappa shape index (κ1) is 12.8. The standard InChI is InChI=1S/C11H22N4O/c1-4-8(5-2)10(16)6-13-11-9(12)7-15(3)14-11/h7-8,10,16H,4-6,12H2,1-3H3,(H,13,14). The van der Waals surface area contributed by atoms with Gasteiger partial charge in [-0.3, -0.25) is 4.68 Å². The van der Waals surface area contributed by atoms with E-state index in [9.17, 15) is 5.11 Å². The Morgan fingerprint density at radius 1 is 1.50 bits per heavy atom. The molecule has 1 aromatic rings. The molecule has 0 fully saturated rings. The minimum atomic E-state index is -0.351. The van der Waals surface area contributed by atoms with Gasteiger partial charge in [0.2, 0.25) is 0 Å². The minimum Gasteiger partial charge on any atom is -0.394 e. The monoisotopic (exact) mass is 226 g/mol. The molecule has 0 radical (unpaired) electrons. The Hall–Kier alpha value is -1.23. The van der Waals surface area contributed by atoms with Gasteiger partial charge in [0.1, 0.15) is 0 Å². The molecule has 0 aromatic carbocycles. The summed E-state index contributed by atoms with van der Waals surface area (Å²) in [4.78, 5) is 0. The van der Waals surface area contributed by atoms with Crippen LogP contribution in [0.3, 0.4) is 0 Å². The number of nitrogens with zero attached hydrogens (tertiary/aromatic N) is 2. The van der Waals surface area contributed by atoms with E-state index in [1.165, 1.54) is 0 Å². The number of nitrogen functional groups attached to an aromatic ring is 1. The number of aryl methyl sites for hydroxylation is 1. The fourth-order valence-corrected chi connectivity index (χ4v) is 1.84. The number of nitrogens with one attached hydrogen (secondary N) is 1. The summed E-state index contributed by atoms with van der Waals surface area (Å²) in [6.45, 7) is 4.67. The summed E-state index contributed by atoms with van der Waals surface area (Å²) in [5.41, 5.74) is 6.35. The van der Waals surface area contributed by atoms with E-state index in [2.05, 4.69) is 24.3 Å². The summed E-state index contributed by atoms with van der Waals surface area (Å²) < 4.78 is 1.65. The highest BCUT2D eigenvalue weighted by atomic mass is 16.3. The van der Waals surface area contributed by atoms with Crippen LogP contribution in [0.2, 0.25) is 0 Å². The van der Waals surface area contributed by atoms with E-state index in [1.54, 1.807) is 10.9 Å². The van der Waals surface area contributed by atoms with Gasteiger partial charge >= 0.3 is 0 Å². The van der Waals surface area contributed by atoms with Crippen LogP contribution in [0.25, 0.3) is 0 Å². The molecule has 0 aliphatic heterocycles. The van der Waals surface area contributed by atoms with Gasteiger partial charge in [-0.15, -0.1) is 0 Å². The molecule has 0 aliphatic rings. The van der Waals surface area contributed by atoms with Crippen molar-refractivity contribution in [2.24, 2.45) is 13.0 Å². The number of nitrogens with two attached hydrogens (primary N) is 1. The molecule has 16 heavy (non-hydrogen) atoms. The lowest BCUT2D eigenvalue weighted by Crippen LogP contribution is -2.28. The molecule has 0 saturated carbocycles. The van der Waals surface area contributed by atoms with E-state index in [-0.39, 0.29) is 6.10 Å². The molecular formula is C11H22N4O. The average Bonchev–Trinajstić information content (AvgIpc) is 2.56. The highest BCUT2D eigenvalue weighted by molar-refractivity contribution is 5.59. The first-order chi connectivity index (χ1) is 7.58. The maximum Gasteiger partial charge on any atom is 0.171 e. The second-order valence-electron chi connectivity index (χ2n) is 4.13. The second kappa shape index (κ2) is 5.75. The fraction of sp³-hybridized carbons (Fsp3) is 0.727. The van der Waals surface area contributed by atoms with Gasteiger partial charge in [-0.05, 0) is 5.92 Å². The summed E-state index contributed by atoms with van der Waals surface area (Å²) in [5.74, 6) is 0.977. The Morgan fingerprint density at radius 2 is 2.12 bits per heavy atom. The molecule has 0 spiro atoms. The van der Waals surface area contributed by atoms with E-state index in [4.69, 9.17) is 5.73 Å². The molecule has 1 rings (SSSR count). The van der Waals surface area contributed by atoms with Crippen LogP contribution in [0.5, 0.6) is 0 Å². The zero-order chi connectivity index (χ0) is 12.1. The van der Waals surface area contributed by atoms with E-state index in [1.807, 2.05) is 7.05 Å². The lowest BCUT2D eigenvalue weighted by atomic mass is 9.97. The van der Waals surface area contributed by atoms with Crippen LogP contribution in [0, 0.1) is 5.92 Å². The topological polar surface area (TPSA) is 76.1 Å². The lowest BCUT2D eigenvalue weighted by molar-refractivity contribution is 0.114. The zero-order valence-electron chi connectivity index (χ0n) is 10.3. The van der Waals surface area contributed by atoms with Crippen molar-refractivity contribution in [1.29, 1.82) is 0 Å². The van der Waals surface area contributed by atoms with Gasteiger partial charge in [0.15, 0.2) is 5.82 Å². The van der Waals surface area contributed by atoms with E-state index < -0.39 is 0 Å². The van der Waals surface area contributed by atoms with Crippen LogP contribution in [0.1, 0.15) is 26.7 Å². The normalized spacial score (nSPS) is 13.1. The van der Waals surface area contributed by atoms with Gasteiger partial charge in [-0.2, -0.15) is 5.10 Å². The van der Waals surface area contributed by atoms with Gasteiger partial charge in [0, 0.05) is 19.8 Å². The highest BCUT2D eigenvalue weighted by Gasteiger charge is 2.15. The SMILES string of the molecule is CCC(CC)C(O)CNc1nn(C)cc1N. The molecule has 0 aliphatic carbocycles. The Balaban J connectivity index is 2.48. The molecule has 5 heteroatoms. The molecule has 92 valence electrons. The predicted octanol–water partition coefficient (Wildman–Crippen LogP) is 1.21. The molecule has 4 N–H and O–H groups in total. The average molecular weight is 226 g/mol. The van der Waals surface area contributed by atoms with Gasteiger partial charge in [-0.1, -0.05) is 26.7 Å². The van der Waals surface area contributed by atoms with Crippen LogP contribution in [-0.2, 0) is 7.05 Å². The first-order valence-electron chi connectivity index (χ1n) is 5.79.